The van der Waals surface area contributed by atoms with Crippen LogP contribution in [0.1, 0.15) is 36.0 Å². The summed E-state index contributed by atoms with van der Waals surface area (Å²) in [4.78, 5) is 12.2. The molecule has 0 spiro atoms. The Balaban J connectivity index is 1.76. The molecule has 1 unspecified atom stereocenters. The molecule has 0 fully saturated rings. The maximum absolute atomic E-state index is 12.7. The Labute approximate surface area is 155 Å². The maximum atomic E-state index is 12.7. The molecule has 4 heteroatoms. The summed E-state index contributed by atoms with van der Waals surface area (Å²) in [5, 5.41) is 2.19. The van der Waals surface area contributed by atoms with Gasteiger partial charge in [0.15, 0.2) is 0 Å². The van der Waals surface area contributed by atoms with Crippen LogP contribution in [-0.4, -0.2) is 5.78 Å². The normalized spacial score (nSPS) is 12.3. The Morgan fingerprint density at radius 3 is 2.48 bits per heavy atom. The summed E-state index contributed by atoms with van der Waals surface area (Å²) >= 11 is 0. The van der Waals surface area contributed by atoms with E-state index in [4.69, 9.17) is 0 Å². The van der Waals surface area contributed by atoms with E-state index in [9.17, 15) is 18.0 Å². The van der Waals surface area contributed by atoms with E-state index in [1.54, 1.807) is 0 Å². The first-order valence-corrected chi connectivity index (χ1v) is 8.54. The van der Waals surface area contributed by atoms with E-state index in [0.717, 1.165) is 28.5 Å². The smallest absolute Gasteiger partial charge is 0.285 e. The van der Waals surface area contributed by atoms with Crippen LogP contribution in [0.2, 0.25) is 0 Å². The molecule has 3 aromatic carbocycles. The van der Waals surface area contributed by atoms with Gasteiger partial charge in [0.05, 0.1) is 5.56 Å². The van der Waals surface area contributed by atoms with Crippen molar-refractivity contribution < 1.29 is 18.0 Å². The van der Waals surface area contributed by atoms with Crippen LogP contribution < -0.4 is 0 Å². The van der Waals surface area contributed by atoms with Crippen molar-refractivity contribution in [1.29, 1.82) is 0 Å². The van der Waals surface area contributed by atoms with E-state index in [1.165, 1.54) is 12.1 Å². The van der Waals surface area contributed by atoms with Gasteiger partial charge in [0.25, 0.3) is 0 Å². The van der Waals surface area contributed by atoms with E-state index < -0.39 is 11.7 Å². The van der Waals surface area contributed by atoms with Crippen molar-refractivity contribution in [2.24, 2.45) is 0 Å². The van der Waals surface area contributed by atoms with Gasteiger partial charge in [-0.3, -0.25) is 4.79 Å². The van der Waals surface area contributed by atoms with Crippen LogP contribution in [0.15, 0.2) is 66.7 Å². The lowest BCUT2D eigenvalue weighted by Crippen LogP contribution is -2.05. The highest BCUT2D eigenvalue weighted by Gasteiger charge is 2.30. The van der Waals surface area contributed by atoms with E-state index in [-0.39, 0.29) is 23.7 Å². The highest BCUT2D eigenvalue weighted by Crippen LogP contribution is 2.29. The number of Topliss-reactive ketones (excluding diaryl/α,β-unsaturated/α-hetero) is 1. The minimum absolute atomic E-state index is 0.0422. The number of ketones is 1. The van der Waals surface area contributed by atoms with Gasteiger partial charge in [-0.1, -0.05) is 61.4 Å². The lowest BCUT2D eigenvalue weighted by atomic mass is 9.91. The number of rotatable bonds is 3. The minimum atomic E-state index is -4.43. The van der Waals surface area contributed by atoms with Gasteiger partial charge < -0.3 is 0 Å². The second-order valence-corrected chi connectivity index (χ2v) is 6.43. The van der Waals surface area contributed by atoms with E-state index in [1.807, 2.05) is 49.4 Å². The second kappa shape index (κ2) is 7.67. The number of benzene rings is 3. The Morgan fingerprint density at radius 1 is 1.00 bits per heavy atom. The molecule has 27 heavy (non-hydrogen) atoms. The van der Waals surface area contributed by atoms with Crippen molar-refractivity contribution in [3.05, 3.63) is 83.4 Å². The molecule has 0 N–H and O–H groups in total. The first-order chi connectivity index (χ1) is 12.8. The quantitative estimate of drug-likeness (QED) is 0.522. The molecular formula is C23H17F3O. The fraction of sp³-hybridized carbons (Fsp3) is 0.174. The Kier molecular flexibility index (Phi) is 5.32. The summed E-state index contributed by atoms with van der Waals surface area (Å²) in [6, 6.07) is 18.6. The van der Waals surface area contributed by atoms with Crippen molar-refractivity contribution in [1.82, 2.24) is 0 Å². The van der Waals surface area contributed by atoms with Crippen LogP contribution in [0.25, 0.3) is 10.8 Å². The number of carbonyl (C=O) groups excluding carboxylic acids is 1. The lowest BCUT2D eigenvalue weighted by Gasteiger charge is -2.12. The third-order valence-corrected chi connectivity index (χ3v) is 4.38. The SMILES string of the molecule is CC(CC(=O)C#Cc1cccc(C(F)(F)F)c1)c1cccc2ccccc12. The molecule has 0 radical (unpaired) electrons. The third-order valence-electron chi connectivity index (χ3n) is 4.38. The first kappa shape index (κ1) is 18.7. The van der Waals surface area contributed by atoms with Gasteiger partial charge in [-0.05, 0) is 46.4 Å². The molecule has 0 aliphatic heterocycles. The van der Waals surface area contributed by atoms with Crippen LogP contribution in [0.4, 0.5) is 13.2 Å². The number of hydrogen-bond acceptors (Lipinski definition) is 1. The van der Waals surface area contributed by atoms with Gasteiger partial charge in [0, 0.05) is 12.0 Å². The molecule has 0 amide bonds. The zero-order chi connectivity index (χ0) is 19.4. The van der Waals surface area contributed by atoms with Crippen LogP contribution >= 0.6 is 0 Å². The lowest BCUT2D eigenvalue weighted by molar-refractivity contribution is -0.137. The largest absolute Gasteiger partial charge is 0.416 e. The molecule has 0 saturated heterocycles. The van der Waals surface area contributed by atoms with Crippen molar-refractivity contribution in [2.75, 3.05) is 0 Å². The molecule has 0 saturated carbocycles. The fourth-order valence-electron chi connectivity index (χ4n) is 3.03. The van der Waals surface area contributed by atoms with Crippen molar-refractivity contribution in [3.63, 3.8) is 0 Å². The number of alkyl halides is 3. The van der Waals surface area contributed by atoms with Crippen LogP contribution in [-0.2, 0) is 11.0 Å². The summed E-state index contributed by atoms with van der Waals surface area (Å²) < 4.78 is 38.2. The van der Waals surface area contributed by atoms with Gasteiger partial charge in [-0.2, -0.15) is 13.2 Å². The van der Waals surface area contributed by atoms with E-state index in [0.29, 0.717) is 0 Å². The Bertz CT molecular complexity index is 1030. The molecular weight excluding hydrogens is 349 g/mol. The predicted octanol–water partition coefficient (Wildman–Crippen LogP) is 5.97. The number of fused-ring (bicyclic) bond motifs is 1. The van der Waals surface area contributed by atoms with E-state index >= 15 is 0 Å². The predicted molar refractivity (Wildman–Crippen MR) is 100 cm³/mol. The maximum Gasteiger partial charge on any atom is 0.416 e. The van der Waals surface area contributed by atoms with Gasteiger partial charge in [-0.25, -0.2) is 0 Å². The van der Waals surface area contributed by atoms with Gasteiger partial charge >= 0.3 is 6.18 Å². The van der Waals surface area contributed by atoms with Crippen molar-refractivity contribution in [3.8, 4) is 11.8 Å². The van der Waals surface area contributed by atoms with Gasteiger partial charge in [0.2, 0.25) is 5.78 Å². The average Bonchev–Trinajstić information content (AvgIpc) is 2.65. The van der Waals surface area contributed by atoms with Gasteiger partial charge in [-0.15, -0.1) is 0 Å². The standard InChI is InChI=1S/C23H17F3O/c1-16(21-11-5-8-18-7-2-3-10-22(18)21)14-20(27)13-12-17-6-4-9-19(15-17)23(24,25)26/h2-11,15-16H,14H2,1H3. The minimum Gasteiger partial charge on any atom is -0.285 e. The molecule has 1 atom stereocenters. The fourth-order valence-corrected chi connectivity index (χ4v) is 3.03. The third kappa shape index (κ3) is 4.57. The summed E-state index contributed by atoms with van der Waals surface area (Å²) in [6.45, 7) is 1.95. The monoisotopic (exact) mass is 366 g/mol. The molecule has 0 aromatic heterocycles. The summed E-state index contributed by atoms with van der Waals surface area (Å²) in [5.74, 6) is 4.68. The molecule has 3 rings (SSSR count). The molecule has 0 aliphatic rings. The molecule has 3 aromatic rings. The van der Waals surface area contributed by atoms with Crippen molar-refractivity contribution >= 4 is 16.6 Å². The average molecular weight is 366 g/mol. The highest BCUT2D eigenvalue weighted by atomic mass is 19.4. The summed E-state index contributed by atoms with van der Waals surface area (Å²) in [7, 11) is 0. The second-order valence-electron chi connectivity index (χ2n) is 6.43. The molecule has 0 heterocycles. The zero-order valence-electron chi connectivity index (χ0n) is 14.7. The summed E-state index contributed by atoms with van der Waals surface area (Å²) in [5.41, 5.74) is 0.462. The number of carbonyl (C=O) groups is 1. The summed E-state index contributed by atoms with van der Waals surface area (Å²) in [6.07, 6.45) is -4.22. The molecule has 0 aliphatic carbocycles. The Hall–Kier alpha value is -3.06. The number of hydrogen-bond donors (Lipinski definition) is 0. The highest BCUT2D eigenvalue weighted by molar-refractivity contribution is 5.97. The molecule has 1 nitrogen and oxygen atoms in total. The molecule has 0 bridgehead atoms. The van der Waals surface area contributed by atoms with E-state index in [2.05, 4.69) is 11.8 Å². The molecule has 136 valence electrons. The Morgan fingerprint density at radius 2 is 1.70 bits per heavy atom. The van der Waals surface area contributed by atoms with Crippen molar-refractivity contribution in [2.45, 2.75) is 25.4 Å². The van der Waals surface area contributed by atoms with Crippen LogP contribution in [0.5, 0.6) is 0 Å². The first-order valence-electron chi connectivity index (χ1n) is 8.54. The van der Waals surface area contributed by atoms with Gasteiger partial charge in [0.1, 0.15) is 0 Å². The van der Waals surface area contributed by atoms with Crippen LogP contribution in [0, 0.1) is 11.8 Å². The topological polar surface area (TPSA) is 17.1 Å². The zero-order valence-corrected chi connectivity index (χ0v) is 14.7. The number of halogens is 3. The van der Waals surface area contributed by atoms with Crippen LogP contribution in [0.3, 0.4) is 0 Å².